The highest BCUT2D eigenvalue weighted by Crippen LogP contribution is 2.10. The minimum absolute atomic E-state index is 0.138. The molecule has 0 saturated carbocycles. The predicted octanol–water partition coefficient (Wildman–Crippen LogP) is 1.20. The average Bonchev–Trinajstić information content (AvgIpc) is 2.58. The molecule has 1 atom stereocenters. The van der Waals surface area contributed by atoms with Crippen molar-refractivity contribution in [1.29, 1.82) is 0 Å². The third-order valence-corrected chi connectivity index (χ3v) is 3.85. The van der Waals surface area contributed by atoms with Gasteiger partial charge in [0.05, 0.1) is 20.8 Å². The second-order valence-electron chi connectivity index (χ2n) is 4.88. The molecule has 1 rings (SSSR count). The van der Waals surface area contributed by atoms with Crippen LogP contribution in [0, 0.1) is 0 Å². The smallest absolute Gasteiger partial charge is 0.328 e. The van der Waals surface area contributed by atoms with Crippen molar-refractivity contribution in [1.82, 2.24) is 10.6 Å². The van der Waals surface area contributed by atoms with Gasteiger partial charge in [-0.2, -0.15) is 11.8 Å². The van der Waals surface area contributed by atoms with Gasteiger partial charge in [0.1, 0.15) is 11.8 Å². The van der Waals surface area contributed by atoms with Crippen LogP contribution in [0.15, 0.2) is 24.3 Å². The van der Waals surface area contributed by atoms with Gasteiger partial charge in [0.15, 0.2) is 0 Å². The van der Waals surface area contributed by atoms with Gasteiger partial charge in [0.25, 0.3) is 0 Å². The van der Waals surface area contributed by atoms with Gasteiger partial charge in [0, 0.05) is 6.54 Å². The van der Waals surface area contributed by atoms with E-state index in [2.05, 4.69) is 10.6 Å². The number of amides is 1. The summed E-state index contributed by atoms with van der Waals surface area (Å²) in [5, 5.41) is 5.74. The van der Waals surface area contributed by atoms with E-state index in [0.717, 1.165) is 17.1 Å². The lowest BCUT2D eigenvalue weighted by atomic mass is 10.2. The van der Waals surface area contributed by atoms with Gasteiger partial charge in [0.2, 0.25) is 5.91 Å². The Morgan fingerprint density at radius 1 is 1.22 bits per heavy atom. The summed E-state index contributed by atoms with van der Waals surface area (Å²) in [7, 11) is 2.94. The van der Waals surface area contributed by atoms with Crippen molar-refractivity contribution in [3.05, 3.63) is 29.8 Å². The maximum absolute atomic E-state index is 11.9. The van der Waals surface area contributed by atoms with Crippen molar-refractivity contribution >= 4 is 23.6 Å². The van der Waals surface area contributed by atoms with Crippen LogP contribution in [0.25, 0.3) is 0 Å². The van der Waals surface area contributed by atoms with E-state index in [1.54, 1.807) is 18.9 Å². The Labute approximate surface area is 141 Å². The number of methoxy groups -OCH3 is 2. The number of carbonyl (C=O) groups excluding carboxylic acids is 2. The first-order valence-corrected chi connectivity index (χ1v) is 8.69. The van der Waals surface area contributed by atoms with Crippen LogP contribution >= 0.6 is 11.8 Å². The summed E-state index contributed by atoms with van der Waals surface area (Å²) in [6.45, 7) is 0.698. The molecule has 6 nitrogen and oxygen atoms in total. The molecule has 1 amide bonds. The number of esters is 1. The molecular formula is C16H24N2O4S. The monoisotopic (exact) mass is 340 g/mol. The van der Waals surface area contributed by atoms with Crippen molar-refractivity contribution in [3.8, 4) is 5.75 Å². The summed E-state index contributed by atoms with van der Waals surface area (Å²) in [5.41, 5.74) is 1.05. The molecule has 2 N–H and O–H groups in total. The van der Waals surface area contributed by atoms with Crippen LogP contribution in [0.3, 0.4) is 0 Å². The molecule has 1 aromatic carbocycles. The van der Waals surface area contributed by atoms with E-state index in [4.69, 9.17) is 9.47 Å². The summed E-state index contributed by atoms with van der Waals surface area (Å²) < 4.78 is 9.80. The quantitative estimate of drug-likeness (QED) is 0.623. The Kier molecular flexibility index (Phi) is 9.16. The fourth-order valence-electron chi connectivity index (χ4n) is 1.94. The first-order chi connectivity index (χ1) is 11.1. The largest absolute Gasteiger partial charge is 0.497 e. The first kappa shape index (κ1) is 19.3. The summed E-state index contributed by atoms with van der Waals surface area (Å²) in [4.78, 5) is 23.5. The molecule has 7 heteroatoms. The highest BCUT2D eigenvalue weighted by Gasteiger charge is 2.20. The summed E-state index contributed by atoms with van der Waals surface area (Å²) in [6, 6.07) is 7.00. The van der Waals surface area contributed by atoms with E-state index >= 15 is 0 Å². The molecular weight excluding hydrogens is 316 g/mol. The molecule has 1 aromatic rings. The molecule has 0 spiro atoms. The van der Waals surface area contributed by atoms with Gasteiger partial charge in [-0.1, -0.05) is 12.1 Å². The minimum atomic E-state index is -0.595. The van der Waals surface area contributed by atoms with Crippen LogP contribution in [-0.2, 0) is 20.9 Å². The Morgan fingerprint density at radius 3 is 2.48 bits per heavy atom. The Bertz CT molecular complexity index is 493. The lowest BCUT2D eigenvalue weighted by molar-refractivity contribution is -0.145. The fourth-order valence-corrected chi connectivity index (χ4v) is 2.41. The van der Waals surface area contributed by atoms with Crippen LogP contribution in [0.4, 0.5) is 0 Å². The third kappa shape index (κ3) is 7.38. The van der Waals surface area contributed by atoms with Gasteiger partial charge in [-0.3, -0.25) is 4.79 Å². The number of nitrogens with one attached hydrogen (secondary N) is 2. The zero-order valence-corrected chi connectivity index (χ0v) is 14.6. The molecule has 0 aliphatic rings. The van der Waals surface area contributed by atoms with Crippen molar-refractivity contribution in [3.63, 3.8) is 0 Å². The average molecular weight is 340 g/mol. The summed E-state index contributed by atoms with van der Waals surface area (Å²) in [6.07, 6.45) is 2.50. The summed E-state index contributed by atoms with van der Waals surface area (Å²) in [5.74, 6) is 0.929. The second-order valence-corrected chi connectivity index (χ2v) is 5.86. The maximum Gasteiger partial charge on any atom is 0.328 e. The van der Waals surface area contributed by atoms with Gasteiger partial charge in [-0.05, 0) is 36.1 Å². The highest BCUT2D eigenvalue weighted by atomic mass is 32.2. The normalized spacial score (nSPS) is 11.6. The van der Waals surface area contributed by atoms with E-state index in [0.29, 0.717) is 13.0 Å². The van der Waals surface area contributed by atoms with Crippen molar-refractivity contribution in [2.45, 2.75) is 19.0 Å². The standard InChI is InChI=1S/C16H24N2O4S/c1-21-13-6-4-12(5-7-13)10-17-11-15(19)18-14(8-9-23-3)16(20)22-2/h4-7,14,17H,8-11H2,1-3H3,(H,18,19)/t14-/m0/s1. The zero-order chi connectivity index (χ0) is 17.1. The molecule has 0 aliphatic carbocycles. The topological polar surface area (TPSA) is 76.7 Å². The Hall–Kier alpha value is -1.73. The molecule has 0 aliphatic heterocycles. The molecule has 128 valence electrons. The molecule has 0 heterocycles. The van der Waals surface area contributed by atoms with Crippen molar-refractivity contribution < 1.29 is 19.1 Å². The predicted molar refractivity (Wildman–Crippen MR) is 91.6 cm³/mol. The number of thioether (sulfide) groups is 1. The molecule has 0 unspecified atom stereocenters. The molecule has 0 saturated heterocycles. The van der Waals surface area contributed by atoms with E-state index in [9.17, 15) is 9.59 Å². The number of ether oxygens (including phenoxy) is 2. The molecule has 0 bridgehead atoms. The highest BCUT2D eigenvalue weighted by molar-refractivity contribution is 7.98. The molecule has 0 radical (unpaired) electrons. The third-order valence-electron chi connectivity index (χ3n) is 3.21. The SMILES string of the molecule is COC(=O)[C@H](CCSC)NC(=O)CNCc1ccc(OC)cc1. The number of hydrogen-bond acceptors (Lipinski definition) is 6. The summed E-state index contributed by atoms with van der Waals surface area (Å²) >= 11 is 1.62. The zero-order valence-electron chi connectivity index (χ0n) is 13.8. The van der Waals surface area contributed by atoms with Crippen molar-refractivity contribution in [2.24, 2.45) is 0 Å². The van der Waals surface area contributed by atoms with Gasteiger partial charge < -0.3 is 20.1 Å². The van der Waals surface area contributed by atoms with Gasteiger partial charge in [-0.15, -0.1) is 0 Å². The minimum Gasteiger partial charge on any atom is -0.497 e. The Balaban J connectivity index is 2.37. The number of benzene rings is 1. The van der Waals surface area contributed by atoms with Crippen LogP contribution in [-0.4, -0.2) is 50.7 Å². The van der Waals surface area contributed by atoms with E-state index in [1.165, 1.54) is 7.11 Å². The van der Waals surface area contributed by atoms with Gasteiger partial charge >= 0.3 is 5.97 Å². The second kappa shape index (κ2) is 10.9. The number of carbonyl (C=O) groups is 2. The lowest BCUT2D eigenvalue weighted by Crippen LogP contribution is -2.45. The maximum atomic E-state index is 11.9. The van der Waals surface area contributed by atoms with Crippen LogP contribution in [0.1, 0.15) is 12.0 Å². The van der Waals surface area contributed by atoms with E-state index in [-0.39, 0.29) is 12.5 Å². The lowest BCUT2D eigenvalue weighted by Gasteiger charge is -2.16. The van der Waals surface area contributed by atoms with E-state index in [1.807, 2.05) is 30.5 Å². The van der Waals surface area contributed by atoms with Crippen LogP contribution in [0.2, 0.25) is 0 Å². The molecule has 23 heavy (non-hydrogen) atoms. The van der Waals surface area contributed by atoms with Crippen molar-refractivity contribution in [2.75, 3.05) is 32.8 Å². The van der Waals surface area contributed by atoms with Crippen LogP contribution in [0.5, 0.6) is 5.75 Å². The van der Waals surface area contributed by atoms with Crippen LogP contribution < -0.4 is 15.4 Å². The molecule has 0 aromatic heterocycles. The number of rotatable bonds is 10. The number of hydrogen-bond donors (Lipinski definition) is 2. The molecule has 0 fully saturated rings. The fraction of sp³-hybridized carbons (Fsp3) is 0.500. The first-order valence-electron chi connectivity index (χ1n) is 7.30. The van der Waals surface area contributed by atoms with E-state index < -0.39 is 12.0 Å². The van der Waals surface area contributed by atoms with Gasteiger partial charge in [-0.25, -0.2) is 4.79 Å². The Morgan fingerprint density at radius 2 is 1.91 bits per heavy atom.